The van der Waals surface area contributed by atoms with Gasteiger partial charge in [-0.2, -0.15) is 0 Å². The number of sulfonamides is 1. The highest BCUT2D eigenvalue weighted by molar-refractivity contribution is 9.11. The van der Waals surface area contributed by atoms with Gasteiger partial charge in [0.05, 0.1) is 8.68 Å². The zero-order valence-corrected chi connectivity index (χ0v) is 15.0. The zero-order valence-electron chi connectivity index (χ0n) is 11.8. The van der Waals surface area contributed by atoms with Crippen molar-refractivity contribution in [1.82, 2.24) is 10.0 Å². The molecule has 2 N–H and O–H groups in total. The predicted molar refractivity (Wildman–Crippen MR) is 90.0 cm³/mol. The van der Waals surface area contributed by atoms with Crippen LogP contribution in [0.4, 0.5) is 0 Å². The van der Waals surface area contributed by atoms with Crippen molar-refractivity contribution in [2.75, 3.05) is 7.05 Å². The monoisotopic (exact) mass is 388 g/mol. The van der Waals surface area contributed by atoms with Gasteiger partial charge in [-0.25, -0.2) is 13.1 Å². The maximum absolute atomic E-state index is 12.5. The number of rotatable bonds is 6. The molecule has 0 saturated heterocycles. The van der Waals surface area contributed by atoms with Crippen LogP contribution < -0.4 is 10.0 Å². The van der Waals surface area contributed by atoms with E-state index >= 15 is 0 Å². The molecule has 0 aliphatic rings. The molecular weight excluding hydrogens is 372 g/mol. The Hall–Kier alpha value is -0.730. The maximum Gasteiger partial charge on any atom is 0.241 e. The number of thiophene rings is 1. The number of hydrogen-bond donors (Lipinski definition) is 2. The summed E-state index contributed by atoms with van der Waals surface area (Å²) < 4.78 is 28.5. The highest BCUT2D eigenvalue weighted by Gasteiger charge is 2.18. The molecule has 114 valence electrons. The Morgan fingerprint density at radius 2 is 1.95 bits per heavy atom. The highest BCUT2D eigenvalue weighted by Crippen LogP contribution is 2.23. The Morgan fingerprint density at radius 1 is 1.19 bits per heavy atom. The minimum atomic E-state index is -3.51. The Labute approximate surface area is 137 Å². The normalized spacial score (nSPS) is 11.8. The largest absolute Gasteiger partial charge is 0.316 e. The van der Waals surface area contributed by atoms with Gasteiger partial charge in [-0.3, -0.25) is 0 Å². The lowest BCUT2D eigenvalue weighted by molar-refractivity contribution is 0.581. The second-order valence-electron chi connectivity index (χ2n) is 4.60. The molecule has 0 aliphatic carbocycles. The lowest BCUT2D eigenvalue weighted by atomic mass is 10.1. The van der Waals surface area contributed by atoms with Crippen LogP contribution in [0, 0.1) is 6.92 Å². The molecule has 1 aromatic heterocycles. The summed E-state index contributed by atoms with van der Waals surface area (Å²) in [5, 5.41) is 3.05. The number of benzene rings is 1. The van der Waals surface area contributed by atoms with Crippen molar-refractivity contribution in [2.45, 2.75) is 24.9 Å². The Kier molecular flexibility index (Phi) is 5.56. The van der Waals surface area contributed by atoms with E-state index in [1.165, 1.54) is 11.3 Å². The summed E-state index contributed by atoms with van der Waals surface area (Å²) in [7, 11) is -1.67. The van der Waals surface area contributed by atoms with Crippen LogP contribution >= 0.6 is 27.3 Å². The van der Waals surface area contributed by atoms with Crippen LogP contribution in [0.25, 0.3) is 0 Å². The van der Waals surface area contributed by atoms with Gasteiger partial charge in [0.25, 0.3) is 0 Å². The van der Waals surface area contributed by atoms with Gasteiger partial charge >= 0.3 is 0 Å². The molecule has 1 aromatic carbocycles. The SMILES string of the molecule is CNCc1cccc(S(=O)(=O)NCc2ccc(Br)s2)c1C. The lowest BCUT2D eigenvalue weighted by Gasteiger charge is -2.12. The molecule has 0 spiro atoms. The average Bonchev–Trinajstić information content (AvgIpc) is 2.85. The quantitative estimate of drug-likeness (QED) is 0.799. The second kappa shape index (κ2) is 7.02. The first-order valence-corrected chi connectivity index (χ1v) is 9.50. The van der Waals surface area contributed by atoms with E-state index in [9.17, 15) is 8.42 Å². The minimum Gasteiger partial charge on any atom is -0.316 e. The Balaban J connectivity index is 2.21. The minimum absolute atomic E-state index is 0.300. The molecule has 2 rings (SSSR count). The topological polar surface area (TPSA) is 58.2 Å². The first kappa shape index (κ1) is 16.6. The summed E-state index contributed by atoms with van der Waals surface area (Å²) in [5.74, 6) is 0. The van der Waals surface area contributed by atoms with E-state index in [2.05, 4.69) is 26.0 Å². The number of nitrogens with one attached hydrogen (secondary N) is 2. The Morgan fingerprint density at radius 3 is 2.57 bits per heavy atom. The van der Waals surface area contributed by atoms with Crippen molar-refractivity contribution in [1.29, 1.82) is 0 Å². The third-order valence-corrected chi connectivity index (χ3v) is 6.29. The summed E-state index contributed by atoms with van der Waals surface area (Å²) in [4.78, 5) is 1.31. The van der Waals surface area contributed by atoms with Crippen LogP contribution in [0.1, 0.15) is 16.0 Å². The van der Waals surface area contributed by atoms with Crippen molar-refractivity contribution < 1.29 is 8.42 Å². The van der Waals surface area contributed by atoms with Crippen molar-refractivity contribution in [3.05, 3.63) is 50.1 Å². The van der Waals surface area contributed by atoms with Gasteiger partial charge in [0.2, 0.25) is 10.0 Å². The second-order valence-corrected chi connectivity index (χ2v) is 8.88. The van der Waals surface area contributed by atoms with Gasteiger partial charge in [0, 0.05) is 18.0 Å². The van der Waals surface area contributed by atoms with Crippen LogP contribution in [0.2, 0.25) is 0 Å². The summed E-state index contributed by atoms with van der Waals surface area (Å²) in [5.41, 5.74) is 1.77. The summed E-state index contributed by atoms with van der Waals surface area (Å²) in [6.07, 6.45) is 0. The molecule has 0 bridgehead atoms. The van der Waals surface area contributed by atoms with Crippen LogP contribution in [0.15, 0.2) is 39.0 Å². The summed E-state index contributed by atoms with van der Waals surface area (Å²) in [6, 6.07) is 9.16. The van der Waals surface area contributed by atoms with Crippen LogP contribution in [0.3, 0.4) is 0 Å². The zero-order chi connectivity index (χ0) is 15.5. The molecule has 0 atom stereocenters. The fraction of sp³-hybridized carbons (Fsp3) is 0.286. The first-order valence-electron chi connectivity index (χ1n) is 6.41. The van der Waals surface area contributed by atoms with Gasteiger partial charge in [-0.15, -0.1) is 11.3 Å². The molecule has 0 unspecified atom stereocenters. The van der Waals surface area contributed by atoms with E-state index in [-0.39, 0.29) is 0 Å². The standard InChI is InChI=1S/C14H17BrN2O2S2/c1-10-11(8-16-2)4-3-5-13(10)21(18,19)17-9-12-6-7-14(15)20-12/h3-7,16-17H,8-9H2,1-2H3. The molecule has 0 saturated carbocycles. The lowest BCUT2D eigenvalue weighted by Crippen LogP contribution is -2.24. The van der Waals surface area contributed by atoms with E-state index in [0.29, 0.717) is 18.0 Å². The molecule has 0 fully saturated rings. The van der Waals surface area contributed by atoms with Gasteiger partial charge in [0.1, 0.15) is 0 Å². The van der Waals surface area contributed by atoms with E-state index in [1.54, 1.807) is 12.1 Å². The van der Waals surface area contributed by atoms with Crippen LogP contribution in [0.5, 0.6) is 0 Å². The molecule has 0 aliphatic heterocycles. The average molecular weight is 389 g/mol. The summed E-state index contributed by atoms with van der Waals surface area (Å²) >= 11 is 4.89. The van der Waals surface area contributed by atoms with E-state index < -0.39 is 10.0 Å². The number of halogens is 1. The smallest absolute Gasteiger partial charge is 0.241 e. The van der Waals surface area contributed by atoms with E-state index in [4.69, 9.17) is 0 Å². The molecule has 0 amide bonds. The van der Waals surface area contributed by atoms with Crippen molar-refractivity contribution in [3.8, 4) is 0 Å². The van der Waals surface area contributed by atoms with Crippen molar-refractivity contribution in [2.24, 2.45) is 0 Å². The van der Waals surface area contributed by atoms with Crippen LogP contribution in [-0.4, -0.2) is 15.5 Å². The molecule has 1 heterocycles. The van der Waals surface area contributed by atoms with Gasteiger partial charge < -0.3 is 5.32 Å². The molecular formula is C14H17BrN2O2S2. The molecule has 0 radical (unpaired) electrons. The summed E-state index contributed by atoms with van der Waals surface area (Å²) in [6.45, 7) is 2.78. The molecule has 4 nitrogen and oxygen atoms in total. The maximum atomic E-state index is 12.5. The van der Waals surface area contributed by atoms with E-state index in [0.717, 1.165) is 19.8 Å². The van der Waals surface area contributed by atoms with Crippen LogP contribution in [-0.2, 0) is 23.1 Å². The van der Waals surface area contributed by atoms with Crippen molar-refractivity contribution >= 4 is 37.3 Å². The fourth-order valence-corrected chi connectivity index (χ4v) is 4.83. The first-order chi connectivity index (χ1) is 9.94. The van der Waals surface area contributed by atoms with Gasteiger partial charge in [-0.1, -0.05) is 12.1 Å². The predicted octanol–water partition coefficient (Wildman–Crippen LogP) is 3.02. The molecule has 2 aromatic rings. The highest BCUT2D eigenvalue weighted by atomic mass is 79.9. The third kappa shape index (κ3) is 4.14. The van der Waals surface area contributed by atoms with Gasteiger partial charge in [0.15, 0.2) is 0 Å². The Bertz CT molecular complexity index is 726. The molecule has 21 heavy (non-hydrogen) atoms. The van der Waals surface area contributed by atoms with Gasteiger partial charge in [-0.05, 0) is 59.2 Å². The van der Waals surface area contributed by atoms with Crippen molar-refractivity contribution in [3.63, 3.8) is 0 Å². The third-order valence-electron chi connectivity index (χ3n) is 3.12. The number of hydrogen-bond acceptors (Lipinski definition) is 4. The van der Waals surface area contributed by atoms with E-state index in [1.807, 2.05) is 32.2 Å². The fourth-order valence-electron chi connectivity index (χ4n) is 2.02. The molecule has 7 heteroatoms.